The van der Waals surface area contributed by atoms with E-state index in [-0.39, 0.29) is 23.9 Å². The van der Waals surface area contributed by atoms with Crippen LogP contribution in [0.5, 0.6) is 0 Å². The molecular weight excluding hydrogens is 398 g/mol. The van der Waals surface area contributed by atoms with Crippen LogP contribution >= 0.6 is 15.9 Å². The Morgan fingerprint density at radius 1 is 1.21 bits per heavy atom. The van der Waals surface area contributed by atoms with E-state index in [1.54, 1.807) is 17.0 Å². The number of hydrogen-bond donors (Lipinski definition) is 1. The summed E-state index contributed by atoms with van der Waals surface area (Å²) >= 11 is 3.24. The zero-order valence-electron chi connectivity index (χ0n) is 13.4. The number of nitrogens with one attached hydrogen (secondary N) is 1. The third-order valence-electron chi connectivity index (χ3n) is 3.78. The number of carbonyl (C=O) groups excluding carboxylic acids is 2. The van der Waals surface area contributed by atoms with Crippen molar-refractivity contribution in [2.24, 2.45) is 0 Å². The van der Waals surface area contributed by atoms with Gasteiger partial charge in [-0.2, -0.15) is 4.31 Å². The maximum atomic E-state index is 12.4. The van der Waals surface area contributed by atoms with E-state index in [0.29, 0.717) is 13.1 Å². The quantitative estimate of drug-likeness (QED) is 0.741. The number of sulfonamides is 1. The normalized spacial score (nSPS) is 14.9. The Morgan fingerprint density at radius 3 is 2.38 bits per heavy atom. The van der Waals surface area contributed by atoms with E-state index in [2.05, 4.69) is 21.2 Å². The average molecular weight is 418 g/mol. The van der Waals surface area contributed by atoms with Gasteiger partial charge in [0.05, 0.1) is 18.0 Å². The molecule has 7 nitrogen and oxygen atoms in total. The minimum absolute atomic E-state index is 0.106. The number of halogens is 1. The van der Waals surface area contributed by atoms with Crippen LogP contribution in [0.25, 0.3) is 0 Å². The summed E-state index contributed by atoms with van der Waals surface area (Å²) < 4.78 is 26.5. The number of rotatable bonds is 6. The lowest BCUT2D eigenvalue weighted by Crippen LogP contribution is -2.43. The number of hydrogen-bond acceptors (Lipinski definition) is 4. The summed E-state index contributed by atoms with van der Waals surface area (Å²) in [6.07, 6.45) is 1.96. The second-order valence-electron chi connectivity index (χ2n) is 5.58. The van der Waals surface area contributed by atoms with Crippen LogP contribution in [0.15, 0.2) is 33.6 Å². The van der Waals surface area contributed by atoms with E-state index in [1.165, 1.54) is 19.2 Å². The molecular formula is C15H20BrN3O4S. The molecule has 2 amide bonds. The van der Waals surface area contributed by atoms with Gasteiger partial charge in [-0.15, -0.1) is 0 Å². The molecule has 0 bridgehead atoms. The molecule has 1 fully saturated rings. The molecule has 1 aliphatic rings. The largest absolute Gasteiger partial charge is 0.346 e. The first-order valence-electron chi connectivity index (χ1n) is 7.57. The highest BCUT2D eigenvalue weighted by atomic mass is 79.9. The Hall–Kier alpha value is -1.45. The molecule has 1 N–H and O–H groups in total. The first-order valence-corrected chi connectivity index (χ1v) is 9.80. The maximum absolute atomic E-state index is 12.4. The predicted molar refractivity (Wildman–Crippen MR) is 92.8 cm³/mol. The van der Waals surface area contributed by atoms with Gasteiger partial charge in [-0.25, -0.2) is 8.42 Å². The summed E-state index contributed by atoms with van der Waals surface area (Å²) in [7, 11) is -2.42. The van der Waals surface area contributed by atoms with Crippen LogP contribution in [0.2, 0.25) is 0 Å². The molecule has 1 aromatic rings. The number of benzene rings is 1. The van der Waals surface area contributed by atoms with Gasteiger partial charge < -0.3 is 10.2 Å². The van der Waals surface area contributed by atoms with Crippen molar-refractivity contribution in [2.45, 2.75) is 17.7 Å². The summed E-state index contributed by atoms with van der Waals surface area (Å²) in [5.41, 5.74) is 0. The van der Waals surface area contributed by atoms with Crippen molar-refractivity contribution < 1.29 is 18.0 Å². The Labute approximate surface area is 150 Å². The zero-order chi connectivity index (χ0) is 17.7. The van der Waals surface area contributed by atoms with Gasteiger partial charge >= 0.3 is 0 Å². The maximum Gasteiger partial charge on any atom is 0.243 e. The summed E-state index contributed by atoms with van der Waals surface area (Å²) in [4.78, 5) is 25.6. The number of amides is 2. The number of likely N-dealkylation sites (N-methyl/N-ethyl adjacent to an activating group) is 1. The molecule has 0 atom stereocenters. The highest BCUT2D eigenvalue weighted by molar-refractivity contribution is 9.10. The van der Waals surface area contributed by atoms with E-state index < -0.39 is 15.9 Å². The fraction of sp³-hybridized carbons (Fsp3) is 0.467. The van der Waals surface area contributed by atoms with Crippen LogP contribution in [0.1, 0.15) is 12.8 Å². The van der Waals surface area contributed by atoms with E-state index >= 15 is 0 Å². The Kier molecular flexibility index (Phi) is 6.36. The molecule has 132 valence electrons. The van der Waals surface area contributed by atoms with E-state index in [9.17, 15) is 18.0 Å². The van der Waals surface area contributed by atoms with Gasteiger partial charge in [-0.05, 0) is 37.1 Å². The van der Waals surface area contributed by atoms with Crippen LogP contribution in [0, 0.1) is 0 Å². The molecule has 9 heteroatoms. The van der Waals surface area contributed by atoms with Crippen LogP contribution in [-0.2, 0) is 19.6 Å². The smallest absolute Gasteiger partial charge is 0.243 e. The van der Waals surface area contributed by atoms with Crippen molar-refractivity contribution in [3.8, 4) is 0 Å². The molecule has 24 heavy (non-hydrogen) atoms. The third-order valence-corrected chi connectivity index (χ3v) is 6.13. The highest BCUT2D eigenvalue weighted by Crippen LogP contribution is 2.17. The van der Waals surface area contributed by atoms with E-state index in [4.69, 9.17) is 0 Å². The first-order chi connectivity index (χ1) is 11.3. The fourth-order valence-electron chi connectivity index (χ4n) is 2.38. The van der Waals surface area contributed by atoms with Gasteiger partial charge in [0.15, 0.2) is 0 Å². The van der Waals surface area contributed by atoms with Crippen molar-refractivity contribution in [2.75, 3.05) is 33.2 Å². The van der Waals surface area contributed by atoms with Gasteiger partial charge in [0, 0.05) is 24.6 Å². The van der Waals surface area contributed by atoms with Crippen molar-refractivity contribution in [1.29, 1.82) is 0 Å². The van der Waals surface area contributed by atoms with Crippen molar-refractivity contribution in [1.82, 2.24) is 14.5 Å². The molecule has 2 rings (SSSR count). The molecule has 0 spiro atoms. The topological polar surface area (TPSA) is 86.8 Å². The molecule has 0 unspecified atom stereocenters. The van der Waals surface area contributed by atoms with E-state index in [0.717, 1.165) is 21.6 Å². The Bertz CT molecular complexity index is 700. The fourth-order valence-corrected chi connectivity index (χ4v) is 3.77. The van der Waals surface area contributed by atoms with Crippen molar-refractivity contribution >= 4 is 37.8 Å². The lowest BCUT2D eigenvalue weighted by atomic mass is 10.4. The van der Waals surface area contributed by atoms with Crippen LogP contribution in [0.3, 0.4) is 0 Å². The van der Waals surface area contributed by atoms with Gasteiger partial charge in [0.1, 0.15) is 0 Å². The molecule has 1 aromatic carbocycles. The zero-order valence-corrected chi connectivity index (χ0v) is 15.8. The lowest BCUT2D eigenvalue weighted by Gasteiger charge is -2.18. The van der Waals surface area contributed by atoms with Crippen LogP contribution < -0.4 is 5.32 Å². The van der Waals surface area contributed by atoms with Crippen LogP contribution in [0.4, 0.5) is 0 Å². The van der Waals surface area contributed by atoms with Gasteiger partial charge in [0.2, 0.25) is 21.8 Å². The summed E-state index contributed by atoms with van der Waals surface area (Å²) in [6.45, 7) is 0.982. The summed E-state index contributed by atoms with van der Waals surface area (Å²) in [5.74, 6) is -0.648. The molecule has 0 aromatic heterocycles. The number of carbonyl (C=O) groups is 2. The average Bonchev–Trinajstić information content (AvgIpc) is 3.07. The van der Waals surface area contributed by atoms with Gasteiger partial charge in [0.25, 0.3) is 0 Å². The number of likely N-dealkylation sites (tertiary alicyclic amines) is 1. The summed E-state index contributed by atoms with van der Waals surface area (Å²) in [5, 5.41) is 2.48. The Balaban J connectivity index is 1.88. The van der Waals surface area contributed by atoms with Gasteiger partial charge in [-0.3, -0.25) is 9.59 Å². The van der Waals surface area contributed by atoms with E-state index in [1.807, 2.05) is 0 Å². The molecule has 0 aliphatic carbocycles. The van der Waals surface area contributed by atoms with Crippen molar-refractivity contribution in [3.63, 3.8) is 0 Å². The lowest BCUT2D eigenvalue weighted by molar-refractivity contribution is -0.132. The Morgan fingerprint density at radius 2 is 1.79 bits per heavy atom. The van der Waals surface area contributed by atoms with Crippen LogP contribution in [-0.4, -0.2) is 62.7 Å². The molecule has 0 saturated carbocycles. The van der Waals surface area contributed by atoms with Crippen molar-refractivity contribution in [3.05, 3.63) is 28.7 Å². The SMILES string of the molecule is CN(CC(=O)NCC(=O)N1CCCC1)S(=O)(=O)c1ccc(Br)cc1. The predicted octanol–water partition coefficient (Wildman–Crippen LogP) is 0.808. The summed E-state index contributed by atoms with van der Waals surface area (Å²) in [6, 6.07) is 6.17. The second kappa shape index (κ2) is 8.09. The molecule has 1 saturated heterocycles. The monoisotopic (exact) mass is 417 g/mol. The molecule has 1 heterocycles. The number of nitrogens with zero attached hydrogens (tertiary/aromatic N) is 2. The molecule has 1 aliphatic heterocycles. The first kappa shape index (κ1) is 18.9. The second-order valence-corrected chi connectivity index (χ2v) is 8.54. The molecule has 0 radical (unpaired) electrons. The third kappa shape index (κ3) is 4.78. The standard InChI is InChI=1S/C15H20BrN3O4S/c1-18(24(22,23)13-6-4-12(16)5-7-13)11-14(20)17-10-15(21)19-8-2-3-9-19/h4-7H,2-3,8-11H2,1H3,(H,17,20). The minimum Gasteiger partial charge on any atom is -0.346 e. The minimum atomic E-state index is -3.75. The highest BCUT2D eigenvalue weighted by Gasteiger charge is 2.24. The van der Waals surface area contributed by atoms with Gasteiger partial charge in [-0.1, -0.05) is 15.9 Å².